The van der Waals surface area contributed by atoms with Crippen LogP contribution in [-0.4, -0.2) is 44.7 Å². The minimum absolute atomic E-state index is 0.136. The quantitative estimate of drug-likeness (QED) is 0.731. The van der Waals surface area contributed by atoms with E-state index >= 15 is 0 Å². The van der Waals surface area contributed by atoms with Crippen LogP contribution < -0.4 is 0 Å². The lowest BCUT2D eigenvalue weighted by atomic mass is 10.2. The second kappa shape index (κ2) is 4.33. The van der Waals surface area contributed by atoms with Gasteiger partial charge >= 0.3 is 0 Å². The molecule has 0 radical (unpaired) electrons. The van der Waals surface area contributed by atoms with Crippen LogP contribution in [0.5, 0.6) is 0 Å². The molecular formula is C10H12N4O2. The number of hydrogen-bond acceptors (Lipinski definition) is 4. The van der Waals surface area contributed by atoms with Crippen LogP contribution in [0.1, 0.15) is 12.5 Å². The molecule has 2 rings (SSSR count). The fourth-order valence-electron chi connectivity index (χ4n) is 1.91. The number of rotatable bonds is 2. The number of imidazole rings is 1. The van der Waals surface area contributed by atoms with E-state index in [4.69, 9.17) is 5.26 Å². The van der Waals surface area contributed by atoms with Gasteiger partial charge in [-0.05, 0) is 0 Å². The first-order valence-corrected chi connectivity index (χ1v) is 5.02. The third-order valence-corrected chi connectivity index (χ3v) is 2.75. The lowest BCUT2D eigenvalue weighted by Crippen LogP contribution is -2.29. The van der Waals surface area contributed by atoms with Gasteiger partial charge in [0.1, 0.15) is 6.42 Å². The molecule has 1 amide bonds. The van der Waals surface area contributed by atoms with Gasteiger partial charge in [-0.2, -0.15) is 5.26 Å². The van der Waals surface area contributed by atoms with Gasteiger partial charge in [-0.3, -0.25) is 4.79 Å². The summed E-state index contributed by atoms with van der Waals surface area (Å²) in [6.45, 7) is 0.710. The van der Waals surface area contributed by atoms with Gasteiger partial charge in [-0.25, -0.2) is 4.98 Å². The second-order valence-corrected chi connectivity index (χ2v) is 3.78. The van der Waals surface area contributed by atoms with Crippen LogP contribution in [0.2, 0.25) is 0 Å². The predicted molar refractivity (Wildman–Crippen MR) is 54.1 cm³/mol. The van der Waals surface area contributed by atoms with E-state index in [-0.39, 0.29) is 24.9 Å². The lowest BCUT2D eigenvalue weighted by Gasteiger charge is -2.15. The molecule has 0 bridgehead atoms. The molecule has 2 atom stereocenters. The van der Waals surface area contributed by atoms with E-state index in [2.05, 4.69) is 4.98 Å². The predicted octanol–water partition coefficient (Wildman–Crippen LogP) is -0.459. The molecule has 1 N–H and O–H groups in total. The molecule has 1 aromatic rings. The summed E-state index contributed by atoms with van der Waals surface area (Å²) in [7, 11) is 0. The fourth-order valence-corrected chi connectivity index (χ4v) is 1.91. The highest BCUT2D eigenvalue weighted by Crippen LogP contribution is 2.22. The van der Waals surface area contributed by atoms with Crippen molar-refractivity contribution in [1.82, 2.24) is 14.5 Å². The van der Waals surface area contributed by atoms with Gasteiger partial charge in [0.2, 0.25) is 5.91 Å². The largest absolute Gasteiger partial charge is 0.389 e. The third kappa shape index (κ3) is 1.90. The monoisotopic (exact) mass is 220 g/mol. The van der Waals surface area contributed by atoms with Crippen molar-refractivity contribution in [3.8, 4) is 6.07 Å². The van der Waals surface area contributed by atoms with Crippen molar-refractivity contribution in [2.45, 2.75) is 18.6 Å². The molecule has 0 spiro atoms. The van der Waals surface area contributed by atoms with Gasteiger partial charge in [0, 0.05) is 25.5 Å². The summed E-state index contributed by atoms with van der Waals surface area (Å²) in [6.07, 6.45) is 4.27. The van der Waals surface area contributed by atoms with Crippen LogP contribution in [0.25, 0.3) is 0 Å². The molecule has 1 saturated heterocycles. The number of nitriles is 1. The highest BCUT2D eigenvalue weighted by Gasteiger charge is 2.34. The molecule has 2 heterocycles. The molecule has 6 heteroatoms. The summed E-state index contributed by atoms with van der Waals surface area (Å²) in [5, 5.41) is 18.3. The van der Waals surface area contributed by atoms with Gasteiger partial charge in [-0.1, -0.05) is 0 Å². The smallest absolute Gasteiger partial charge is 0.236 e. The Morgan fingerprint density at radius 3 is 3.06 bits per heavy atom. The van der Waals surface area contributed by atoms with Crippen LogP contribution in [0.3, 0.4) is 0 Å². The van der Waals surface area contributed by atoms with Crippen LogP contribution in [-0.2, 0) is 4.79 Å². The van der Waals surface area contributed by atoms with Crippen LogP contribution in [0, 0.1) is 11.3 Å². The molecule has 84 valence electrons. The van der Waals surface area contributed by atoms with E-state index in [1.165, 1.54) is 4.90 Å². The standard InChI is InChI=1S/C10H12N4O2/c11-2-1-10(16)14-5-8(9(15)6-14)13-4-3-12-7-13/h3-4,7-9,15H,1,5-6H2/t8-,9-/m1/s1. The Kier molecular flexibility index (Phi) is 2.88. The first kappa shape index (κ1) is 10.6. The fraction of sp³-hybridized carbons (Fsp3) is 0.500. The number of carbonyl (C=O) groups excluding carboxylic acids is 1. The Balaban J connectivity index is 2.05. The molecular weight excluding hydrogens is 208 g/mol. The van der Waals surface area contributed by atoms with Gasteiger partial charge in [0.15, 0.2) is 0 Å². The Morgan fingerprint density at radius 2 is 2.44 bits per heavy atom. The number of nitrogens with zero attached hydrogens (tertiary/aromatic N) is 4. The summed E-state index contributed by atoms with van der Waals surface area (Å²) in [5.41, 5.74) is 0. The zero-order chi connectivity index (χ0) is 11.5. The van der Waals surface area contributed by atoms with E-state index in [9.17, 15) is 9.90 Å². The highest BCUT2D eigenvalue weighted by atomic mass is 16.3. The Labute approximate surface area is 92.7 Å². The van der Waals surface area contributed by atoms with Gasteiger partial charge in [-0.15, -0.1) is 0 Å². The molecule has 1 fully saturated rings. The lowest BCUT2D eigenvalue weighted by molar-refractivity contribution is -0.129. The van der Waals surface area contributed by atoms with Crippen LogP contribution in [0.15, 0.2) is 18.7 Å². The zero-order valence-corrected chi connectivity index (χ0v) is 8.65. The second-order valence-electron chi connectivity index (χ2n) is 3.78. The van der Waals surface area contributed by atoms with Crippen molar-refractivity contribution < 1.29 is 9.90 Å². The Bertz CT molecular complexity index is 409. The van der Waals surface area contributed by atoms with Gasteiger partial charge < -0.3 is 14.6 Å². The Hall–Kier alpha value is -1.87. The number of amides is 1. The molecule has 6 nitrogen and oxygen atoms in total. The molecule has 1 aliphatic heterocycles. The highest BCUT2D eigenvalue weighted by molar-refractivity contribution is 5.78. The number of likely N-dealkylation sites (tertiary alicyclic amines) is 1. The summed E-state index contributed by atoms with van der Waals surface area (Å²) in [5.74, 6) is -0.232. The molecule has 1 aliphatic rings. The molecule has 0 aromatic carbocycles. The number of aromatic nitrogens is 2. The van der Waals surface area contributed by atoms with Crippen molar-refractivity contribution in [2.75, 3.05) is 13.1 Å². The van der Waals surface area contributed by atoms with Crippen molar-refractivity contribution in [1.29, 1.82) is 5.26 Å². The van der Waals surface area contributed by atoms with Crippen molar-refractivity contribution in [2.24, 2.45) is 0 Å². The number of hydrogen-bond donors (Lipinski definition) is 1. The first-order valence-electron chi connectivity index (χ1n) is 5.02. The third-order valence-electron chi connectivity index (χ3n) is 2.75. The van der Waals surface area contributed by atoms with E-state index in [0.717, 1.165) is 0 Å². The van der Waals surface area contributed by atoms with E-state index in [0.29, 0.717) is 6.54 Å². The molecule has 1 aromatic heterocycles. The Morgan fingerprint density at radius 1 is 1.62 bits per heavy atom. The maximum absolute atomic E-state index is 11.5. The summed E-state index contributed by atoms with van der Waals surface area (Å²) in [4.78, 5) is 16.9. The van der Waals surface area contributed by atoms with Crippen molar-refractivity contribution >= 4 is 5.91 Å². The van der Waals surface area contributed by atoms with Crippen molar-refractivity contribution in [3.63, 3.8) is 0 Å². The molecule has 16 heavy (non-hydrogen) atoms. The maximum Gasteiger partial charge on any atom is 0.236 e. The SMILES string of the molecule is N#CCC(=O)N1C[C@@H](O)[C@H](n2ccnc2)C1. The van der Waals surface area contributed by atoms with Gasteiger partial charge in [0.25, 0.3) is 0 Å². The number of β-amino-alcohol motifs (C(OH)–C–C–N with tert-alkyl or cyclic N) is 1. The van der Waals surface area contributed by atoms with Crippen LogP contribution in [0.4, 0.5) is 0 Å². The number of carbonyl (C=O) groups is 1. The van der Waals surface area contributed by atoms with Gasteiger partial charge in [0.05, 0.1) is 24.5 Å². The molecule has 0 saturated carbocycles. The van der Waals surface area contributed by atoms with Crippen molar-refractivity contribution in [3.05, 3.63) is 18.7 Å². The maximum atomic E-state index is 11.5. The topological polar surface area (TPSA) is 82.1 Å². The van der Waals surface area contributed by atoms with Crippen LogP contribution >= 0.6 is 0 Å². The number of aliphatic hydroxyl groups excluding tert-OH is 1. The van der Waals surface area contributed by atoms with E-state index in [1.807, 2.05) is 6.07 Å². The first-order chi connectivity index (χ1) is 7.72. The summed E-state index contributed by atoms with van der Waals surface area (Å²) < 4.78 is 1.78. The summed E-state index contributed by atoms with van der Waals surface area (Å²) >= 11 is 0. The van der Waals surface area contributed by atoms with E-state index < -0.39 is 6.10 Å². The molecule has 0 unspecified atom stereocenters. The average Bonchev–Trinajstić information content (AvgIpc) is 2.86. The normalized spacial score (nSPS) is 24.4. The average molecular weight is 220 g/mol. The molecule has 0 aliphatic carbocycles. The zero-order valence-electron chi connectivity index (χ0n) is 8.65. The number of aliphatic hydroxyl groups is 1. The minimum Gasteiger partial charge on any atom is -0.389 e. The summed E-state index contributed by atoms with van der Waals surface area (Å²) in [6, 6.07) is 1.65. The minimum atomic E-state index is -0.600. The van der Waals surface area contributed by atoms with E-state index in [1.54, 1.807) is 23.3 Å².